The third-order valence-corrected chi connectivity index (χ3v) is 19.6. The molecule has 0 spiro atoms. The van der Waals surface area contributed by atoms with Crippen molar-refractivity contribution in [3.05, 3.63) is 429 Å². The maximum Gasteiger partial charge on any atom is 0.257 e. The summed E-state index contributed by atoms with van der Waals surface area (Å²) in [6, 6.07) is 117. The number of nitrogens with one attached hydrogen (secondary N) is 1. The number of nitrogens with zero attached hydrogens (tertiary/aromatic N) is 14. The summed E-state index contributed by atoms with van der Waals surface area (Å²) in [5.74, 6) is 25.4. The van der Waals surface area contributed by atoms with Gasteiger partial charge in [-0.15, -0.1) is 20.0 Å². The van der Waals surface area contributed by atoms with Crippen LogP contribution in [-0.2, 0) is 32.7 Å². The van der Waals surface area contributed by atoms with Crippen molar-refractivity contribution < 1.29 is 4.68 Å². The third kappa shape index (κ3) is 15.5. The number of rotatable bonds is 10. The normalized spacial score (nSPS) is 11.0. The summed E-state index contributed by atoms with van der Waals surface area (Å²) in [5, 5.41) is 39.6. The fraction of sp³-hybridized carbons (Fsp3) is 0.0505. The first kappa shape index (κ1) is 70.9. The average Bonchev–Trinajstić information content (AvgIpc) is 1.57. The van der Waals surface area contributed by atoms with Crippen LogP contribution in [0.1, 0.15) is 72.3 Å². The van der Waals surface area contributed by atoms with E-state index in [0.29, 0.717) is 32.7 Å². The lowest BCUT2D eigenvalue weighted by Crippen LogP contribution is -2.38. The van der Waals surface area contributed by atoms with Crippen molar-refractivity contribution in [2.45, 2.75) is 32.7 Å². The maximum atomic E-state index is 7.99. The van der Waals surface area contributed by atoms with E-state index in [1.165, 1.54) is 22.3 Å². The molecule has 4 heterocycles. The quantitative estimate of drug-likeness (QED) is 0.0466. The largest absolute Gasteiger partial charge is 0.257 e. The van der Waals surface area contributed by atoms with Gasteiger partial charge >= 0.3 is 0 Å². The van der Waals surface area contributed by atoms with Crippen LogP contribution in [0.4, 0.5) is 0 Å². The lowest BCUT2D eigenvalue weighted by molar-refractivity contribution is -0.735. The third-order valence-electron chi connectivity index (χ3n) is 19.6. The molecule has 0 aliphatic heterocycles. The molecule has 0 unspecified atom stereocenters. The Kier molecular flexibility index (Phi) is 20.9. The fourth-order valence-corrected chi connectivity index (χ4v) is 14.2. The van der Waals surface area contributed by atoms with Crippen molar-refractivity contribution in [2.24, 2.45) is 5.11 Å². The molecule has 0 saturated carbocycles. The number of aromatic nitrogens is 12. The van der Waals surface area contributed by atoms with E-state index in [1.54, 1.807) is 0 Å². The van der Waals surface area contributed by atoms with Gasteiger partial charge in [-0.1, -0.05) is 358 Å². The zero-order chi connectivity index (χ0) is 76.6. The number of fused-ring (bicyclic) bond motifs is 20. The van der Waals surface area contributed by atoms with E-state index in [9.17, 15) is 0 Å². The van der Waals surface area contributed by atoms with Crippen LogP contribution in [0.3, 0.4) is 0 Å². The summed E-state index contributed by atoms with van der Waals surface area (Å²) in [4.78, 5) is 2.66. The van der Waals surface area contributed by atoms with Crippen LogP contribution in [0, 0.1) is 47.4 Å². The first-order valence-corrected chi connectivity index (χ1v) is 37.4. The number of H-pyrrole nitrogens is 1. The Morgan fingerprint density at radius 1 is 0.281 bits per heavy atom. The Labute approximate surface area is 659 Å². The molecule has 0 amide bonds. The van der Waals surface area contributed by atoms with E-state index in [0.717, 1.165) is 140 Å². The minimum atomic E-state index is 0.442. The molecular weight excluding hydrogens is 1400 g/mol. The van der Waals surface area contributed by atoms with E-state index in [1.807, 2.05) is 166 Å². The van der Waals surface area contributed by atoms with Crippen molar-refractivity contribution in [2.75, 3.05) is 0 Å². The zero-order valence-corrected chi connectivity index (χ0v) is 61.7. The topological polar surface area (TPSA) is 173 Å². The highest BCUT2D eigenvalue weighted by atomic mass is 15.5. The Bertz CT molecular complexity index is 6080. The summed E-state index contributed by atoms with van der Waals surface area (Å²) in [5.41, 5.74) is 37.8. The van der Waals surface area contributed by atoms with Crippen LogP contribution in [0.15, 0.2) is 351 Å². The molecular formula is C99H68N15+. The van der Waals surface area contributed by atoms with Crippen molar-refractivity contribution in [1.29, 1.82) is 0 Å². The van der Waals surface area contributed by atoms with Gasteiger partial charge in [0.1, 0.15) is 23.6 Å². The molecule has 4 aliphatic rings. The predicted octanol–water partition coefficient (Wildman–Crippen LogP) is 19.4. The molecule has 17 aromatic rings. The summed E-state index contributed by atoms with van der Waals surface area (Å²) in [6.07, 6.45) is 0. The van der Waals surface area contributed by atoms with E-state index in [2.05, 4.69) is 277 Å². The summed E-state index contributed by atoms with van der Waals surface area (Å²) in [6.45, 7) is 3.04. The summed E-state index contributed by atoms with van der Waals surface area (Å²) >= 11 is 0. The molecule has 0 bridgehead atoms. The van der Waals surface area contributed by atoms with Crippen molar-refractivity contribution >= 4 is 0 Å². The Hall–Kier alpha value is -16.0. The summed E-state index contributed by atoms with van der Waals surface area (Å²) < 4.78 is 8.16. The molecule has 0 fully saturated rings. The van der Waals surface area contributed by atoms with Gasteiger partial charge in [0.25, 0.3) is 5.69 Å². The SMILES string of the molecule is C1#Cc2ccccc2C#Cc2ccccc21.C1#Cc2ccccc2C#Cc2ccccc21.[N-]=[N+]=NCc1ccccc1.c1ccc(Cn2nnc3c2-c2ccccc2-c2c(n[nH][n+]2Cc2ccccc2)-c2ccccc2-3)cc1.c1ccc(Cn2nnc3c2-c2ccccc2-c2nnn(Cc4ccccc4)c2-c2ccccc2-3)cc1. The van der Waals surface area contributed by atoms with Gasteiger partial charge < -0.3 is 0 Å². The Balaban J connectivity index is 0.000000111. The Morgan fingerprint density at radius 3 is 0.842 bits per heavy atom. The molecule has 15 nitrogen and oxygen atoms in total. The molecule has 21 rings (SSSR count). The molecule has 1 N–H and O–H groups in total. The number of hydrogen-bond donors (Lipinski definition) is 1. The number of hydrogen-bond acceptors (Lipinski definition) is 8. The molecule has 0 atom stereocenters. The van der Waals surface area contributed by atoms with E-state index < -0.39 is 0 Å². The highest BCUT2D eigenvalue weighted by Crippen LogP contribution is 2.48. The first-order chi connectivity index (χ1) is 56.5. The standard InChI is InChI=1S/2C30H22N6.2C16H8.C7H7N3/c1-3-11-21(12-4-1)19-35-29-25-17-9-7-15-23(25)28-30(26-18-10-8-16-24(26)27(29)31-33-35)36(34-32-28)20-22-13-5-2-6-14-22;1-3-11-21(12-4-1)19-35-29-25-17-9-10-18-26(25)30-28(24-16-8-7-15-23(24)27(29)31-33-35)32-34-36(30)20-22-13-5-2-6-14-22;2*1-2-6-14-11-12-16-8-4-3-7-15(16)10-9-13(14)5-1;8-10-9-6-7-4-2-1-3-5-7/h2*1-18H,19-20H2;2*1-8H;1-5H,6H2/p+1. The van der Waals surface area contributed by atoms with E-state index >= 15 is 0 Å². The average molecular weight is 1470 g/mol. The van der Waals surface area contributed by atoms with Gasteiger partial charge in [-0.05, 0) is 94.0 Å². The zero-order valence-electron chi connectivity index (χ0n) is 61.7. The highest BCUT2D eigenvalue weighted by Gasteiger charge is 2.35. The molecule has 13 aromatic carbocycles. The van der Waals surface area contributed by atoms with Crippen molar-refractivity contribution in [1.82, 2.24) is 55.3 Å². The van der Waals surface area contributed by atoms with Crippen molar-refractivity contribution in [3.63, 3.8) is 0 Å². The van der Waals surface area contributed by atoms with Gasteiger partial charge in [0.2, 0.25) is 5.69 Å². The maximum absolute atomic E-state index is 7.99. The van der Waals surface area contributed by atoms with Crippen molar-refractivity contribution in [3.8, 4) is 137 Å². The van der Waals surface area contributed by atoms with Gasteiger partial charge in [0.05, 0.1) is 43.3 Å². The molecule has 538 valence electrons. The lowest BCUT2D eigenvalue weighted by atomic mass is 9.89. The van der Waals surface area contributed by atoms with Gasteiger partial charge in [-0.3, -0.25) is 0 Å². The lowest BCUT2D eigenvalue weighted by Gasteiger charge is -2.18. The molecule has 0 radical (unpaired) electrons. The number of benzene rings is 13. The molecule has 4 aliphatic carbocycles. The van der Waals surface area contributed by atoms with Crippen LogP contribution in [0.25, 0.3) is 101 Å². The van der Waals surface area contributed by atoms with Crippen LogP contribution in [-0.4, -0.2) is 55.3 Å². The summed E-state index contributed by atoms with van der Waals surface area (Å²) in [7, 11) is 0. The number of aromatic amines is 1. The van der Waals surface area contributed by atoms with Gasteiger partial charge in [-0.2, -0.15) is 0 Å². The minimum absolute atomic E-state index is 0.442. The van der Waals surface area contributed by atoms with Crippen LogP contribution < -0.4 is 4.68 Å². The second-order valence-corrected chi connectivity index (χ2v) is 27.0. The molecule has 0 saturated heterocycles. The van der Waals surface area contributed by atoms with Gasteiger partial charge in [0, 0.05) is 99.0 Å². The fourth-order valence-electron chi connectivity index (χ4n) is 14.2. The predicted molar refractivity (Wildman–Crippen MR) is 448 cm³/mol. The van der Waals surface area contributed by atoms with Gasteiger partial charge in [-0.25, -0.2) is 14.0 Å². The second-order valence-electron chi connectivity index (χ2n) is 27.0. The first-order valence-electron chi connectivity index (χ1n) is 37.4. The molecule has 114 heavy (non-hydrogen) atoms. The molecule has 15 heteroatoms. The minimum Gasteiger partial charge on any atom is -0.240 e. The van der Waals surface area contributed by atoms with E-state index in [-0.39, 0.29) is 0 Å². The number of azide groups is 1. The van der Waals surface area contributed by atoms with Crippen LogP contribution >= 0.6 is 0 Å². The molecule has 4 aromatic heterocycles. The van der Waals surface area contributed by atoms with E-state index in [4.69, 9.17) is 25.9 Å². The second kappa shape index (κ2) is 33.6. The Morgan fingerprint density at radius 2 is 0.526 bits per heavy atom. The smallest absolute Gasteiger partial charge is 0.240 e. The van der Waals surface area contributed by atoms with Crippen LogP contribution in [0.5, 0.6) is 0 Å². The highest BCUT2D eigenvalue weighted by molar-refractivity contribution is 6.00. The van der Waals surface area contributed by atoms with Gasteiger partial charge in [0.15, 0.2) is 0 Å². The van der Waals surface area contributed by atoms with Crippen LogP contribution in [0.2, 0.25) is 0 Å². The monoisotopic (exact) mass is 1470 g/mol.